The zero-order valence-corrected chi connectivity index (χ0v) is 44.9. The molecule has 0 bridgehead atoms. The lowest BCUT2D eigenvalue weighted by Gasteiger charge is -2.35. The van der Waals surface area contributed by atoms with E-state index in [0.29, 0.717) is 22.3 Å². The molecule has 0 aliphatic heterocycles. The van der Waals surface area contributed by atoms with Gasteiger partial charge in [0.1, 0.15) is 0 Å². The third-order valence-corrected chi connectivity index (χ3v) is 14.4. The number of hydrogen-bond acceptors (Lipinski definition) is 9. The molecular formula is C50H65F8O13P3. The van der Waals surface area contributed by atoms with Crippen LogP contribution in [0.1, 0.15) is 99.9 Å². The molecule has 0 spiro atoms. The molecule has 0 aromatic heterocycles. The van der Waals surface area contributed by atoms with Gasteiger partial charge in [0.25, 0.3) is 0 Å². The summed E-state index contributed by atoms with van der Waals surface area (Å²) in [4.78, 5) is 36.8. The average molecular weight is 1120 g/mol. The van der Waals surface area contributed by atoms with Crippen LogP contribution in [-0.2, 0) is 90.9 Å². The summed E-state index contributed by atoms with van der Waals surface area (Å²) in [6, 6.07) is 17.7. The molecule has 4 aromatic rings. The highest BCUT2D eigenvalue weighted by Gasteiger charge is 2.51. The van der Waals surface area contributed by atoms with Crippen molar-refractivity contribution >= 4 is 23.4 Å². The fourth-order valence-corrected chi connectivity index (χ4v) is 9.35. The van der Waals surface area contributed by atoms with Crippen LogP contribution < -0.4 is 0 Å². The number of ether oxygens (including phenoxy) is 4. The molecule has 0 aliphatic rings. The van der Waals surface area contributed by atoms with Gasteiger partial charge in [-0.15, -0.1) is 0 Å². The predicted octanol–water partition coefficient (Wildman–Crippen LogP) is 12.6. The van der Waals surface area contributed by atoms with E-state index in [1.807, 2.05) is 0 Å². The van der Waals surface area contributed by atoms with Gasteiger partial charge in [0, 0.05) is 22.0 Å². The summed E-state index contributed by atoms with van der Waals surface area (Å²) in [6.07, 6.45) is -9.52. The molecule has 4 rings (SSSR count). The molecule has 0 radical (unpaired) electrons. The highest BCUT2D eigenvalue weighted by Crippen LogP contribution is 2.60. The molecule has 0 unspecified atom stereocenters. The smallest absolute Gasteiger partial charge is 0.378 e. The minimum Gasteiger partial charge on any atom is -0.378 e. The summed E-state index contributed by atoms with van der Waals surface area (Å²) in [5, 5.41) is 0. The Labute approximate surface area is 426 Å². The summed E-state index contributed by atoms with van der Waals surface area (Å²) >= 11 is 0. The van der Waals surface area contributed by atoms with Crippen LogP contribution >= 0.6 is 23.4 Å². The Bertz CT molecular complexity index is 2320. The van der Waals surface area contributed by atoms with Gasteiger partial charge in [-0.05, 0) is 103 Å². The molecule has 0 atom stereocenters. The summed E-state index contributed by atoms with van der Waals surface area (Å²) in [6.45, 7) is 14.4. The number of halogens is 8. The number of benzene rings is 4. The van der Waals surface area contributed by atoms with Gasteiger partial charge in [-0.25, -0.2) is 9.05 Å². The second-order valence-corrected chi connectivity index (χ2v) is 23.8. The molecule has 0 fully saturated rings. The van der Waals surface area contributed by atoms with E-state index < -0.39 is 80.1 Å². The first-order valence-corrected chi connectivity index (χ1v) is 27.8. The maximum atomic E-state index is 15.5. The molecule has 0 saturated heterocycles. The van der Waals surface area contributed by atoms with E-state index in [0.717, 1.165) is 48.5 Å². The molecule has 0 aliphatic carbocycles. The average Bonchev–Trinajstić information content (AvgIpc) is 3.28. The fraction of sp³-hybridized carbons (Fsp3) is 0.520. The van der Waals surface area contributed by atoms with E-state index in [4.69, 9.17) is 18.9 Å². The van der Waals surface area contributed by atoms with E-state index >= 15 is 17.6 Å². The first-order valence-electron chi connectivity index (χ1n) is 23.4. The Morgan fingerprint density at radius 1 is 0.405 bits per heavy atom. The Hall–Kier alpha value is -3.39. The highest BCUT2D eigenvalue weighted by molar-refractivity contribution is 7.52. The minimum atomic E-state index is -5.83. The van der Waals surface area contributed by atoms with Crippen LogP contribution in [0.15, 0.2) is 97.1 Å². The zero-order chi connectivity index (χ0) is 55.7. The van der Waals surface area contributed by atoms with Crippen molar-refractivity contribution in [2.75, 3.05) is 26.4 Å². The molecular weight excluding hydrogens is 1050 g/mol. The molecule has 74 heavy (non-hydrogen) atoms. The van der Waals surface area contributed by atoms with Crippen LogP contribution in [0.3, 0.4) is 0 Å². The lowest BCUT2D eigenvalue weighted by Crippen LogP contribution is -2.39. The predicted molar refractivity (Wildman–Crippen MR) is 261 cm³/mol. The van der Waals surface area contributed by atoms with Crippen molar-refractivity contribution in [2.45, 2.75) is 129 Å². The first kappa shape index (κ1) is 63.1. The summed E-state index contributed by atoms with van der Waals surface area (Å²) in [5.41, 5.74) is -12.5. The second-order valence-electron chi connectivity index (χ2n) is 19.6. The van der Waals surface area contributed by atoms with Crippen LogP contribution in [-0.4, -0.2) is 70.4 Å². The molecule has 0 amide bonds. The third kappa shape index (κ3) is 17.8. The zero-order valence-electron chi connectivity index (χ0n) is 42.1. The summed E-state index contributed by atoms with van der Waals surface area (Å²) in [7, 11) is -16.3. The van der Waals surface area contributed by atoms with Gasteiger partial charge >= 0.3 is 47.0 Å². The van der Waals surface area contributed by atoms with E-state index in [2.05, 4.69) is 9.05 Å². The number of rotatable bonds is 30. The van der Waals surface area contributed by atoms with E-state index in [-0.39, 0.29) is 76.5 Å². The SMILES string of the molecule is CC(C)OCC(COC(C)C)(Cc1ccc(C(F)(F)O[PH](=O)OC(F)(F)c2ccc(CC(COC(C)C)(COC(C)C)Cc3ccc(C(F)(F)P(=O)(O)O)cc3)cc2)cc1)Cc1ccc(C(F)(F)P(=O)(O)O)cc1. The highest BCUT2D eigenvalue weighted by atomic mass is 31.2. The van der Waals surface area contributed by atoms with Crippen molar-refractivity contribution < 1.29 is 96.4 Å². The van der Waals surface area contributed by atoms with Gasteiger partial charge in [-0.3, -0.25) is 13.7 Å². The monoisotopic (exact) mass is 1120 g/mol. The van der Waals surface area contributed by atoms with E-state index in [1.165, 1.54) is 48.5 Å². The number of alkyl halides is 8. The molecule has 414 valence electrons. The van der Waals surface area contributed by atoms with Crippen LogP contribution in [0.2, 0.25) is 0 Å². The quantitative estimate of drug-likeness (QED) is 0.0286. The van der Waals surface area contributed by atoms with Crippen LogP contribution in [0.5, 0.6) is 0 Å². The van der Waals surface area contributed by atoms with Crippen LogP contribution in [0.25, 0.3) is 0 Å². The van der Waals surface area contributed by atoms with Crippen molar-refractivity contribution in [2.24, 2.45) is 10.8 Å². The molecule has 0 saturated carbocycles. The normalized spacial score (nSPS) is 13.9. The van der Waals surface area contributed by atoms with E-state index in [1.54, 1.807) is 55.4 Å². The molecule has 0 heterocycles. The van der Waals surface area contributed by atoms with Gasteiger partial charge in [0.15, 0.2) is 0 Å². The third-order valence-electron chi connectivity index (χ3n) is 11.5. The number of hydrogen-bond donors (Lipinski definition) is 4. The first-order chi connectivity index (χ1) is 34.0. The van der Waals surface area contributed by atoms with Gasteiger partial charge < -0.3 is 38.5 Å². The molecule has 4 aromatic carbocycles. The van der Waals surface area contributed by atoms with Crippen molar-refractivity contribution in [1.82, 2.24) is 0 Å². The van der Waals surface area contributed by atoms with Gasteiger partial charge in [0.05, 0.1) is 62.0 Å². The van der Waals surface area contributed by atoms with Crippen molar-refractivity contribution in [3.05, 3.63) is 142 Å². The van der Waals surface area contributed by atoms with Gasteiger partial charge in [-0.2, -0.15) is 35.1 Å². The van der Waals surface area contributed by atoms with Crippen LogP contribution in [0, 0.1) is 10.8 Å². The Kier molecular flexibility index (Phi) is 21.7. The van der Waals surface area contributed by atoms with E-state index in [9.17, 15) is 50.8 Å². The standard InChI is InChI=1S/C50H65F8O13P3/c1-33(2)66-29-45(30-67-34(3)4,27-39-13-21-43(22-14-39)49(55,56)73(60,61)62)25-37-9-17-41(18-10-37)47(51,52)70-72(59)71-48(53,54)42-19-11-38(12-20-42)26-46(31-68-35(5)6,32-69-36(7)8)28-40-15-23-44(24-16-40)50(57,58)74(63,64)65/h9-24,33-36,72H,25-32H2,1-8H3,(H2,60,61,62)(H2,63,64,65). The second kappa shape index (κ2) is 25.4. The Balaban J connectivity index is 1.52. The maximum absolute atomic E-state index is 15.5. The molecule has 13 nitrogen and oxygen atoms in total. The molecule has 24 heteroatoms. The Morgan fingerprint density at radius 3 is 0.797 bits per heavy atom. The maximum Gasteiger partial charge on any atom is 0.399 e. The van der Waals surface area contributed by atoms with Crippen molar-refractivity contribution in [3.8, 4) is 0 Å². The topological polar surface area (TPSA) is 188 Å². The summed E-state index contributed by atoms with van der Waals surface area (Å²) < 4.78 is 188. The van der Waals surface area contributed by atoms with Gasteiger partial charge in [0.2, 0.25) is 0 Å². The fourth-order valence-electron chi connectivity index (χ4n) is 7.69. The lowest BCUT2D eigenvalue weighted by atomic mass is 9.77. The van der Waals surface area contributed by atoms with Gasteiger partial charge in [-0.1, -0.05) is 97.1 Å². The van der Waals surface area contributed by atoms with Crippen molar-refractivity contribution in [3.63, 3.8) is 0 Å². The lowest BCUT2D eigenvalue weighted by molar-refractivity contribution is -0.220. The largest absolute Gasteiger partial charge is 0.399 e. The minimum absolute atomic E-state index is 0.0339. The van der Waals surface area contributed by atoms with Crippen LogP contribution in [0.4, 0.5) is 35.1 Å². The summed E-state index contributed by atoms with van der Waals surface area (Å²) in [5.74, 6) is 0. The molecule has 4 N–H and O–H groups in total. The Morgan fingerprint density at radius 2 is 0.608 bits per heavy atom. The van der Waals surface area contributed by atoms with Crippen molar-refractivity contribution in [1.29, 1.82) is 0 Å².